The molecule has 4 heteroatoms. The highest BCUT2D eigenvalue weighted by atomic mass is 32.1. The second-order valence-corrected chi connectivity index (χ2v) is 31.6. The van der Waals surface area contributed by atoms with Crippen molar-refractivity contribution < 1.29 is 0 Å². The van der Waals surface area contributed by atoms with E-state index in [-0.39, 0.29) is 5.41 Å². The van der Waals surface area contributed by atoms with Crippen LogP contribution in [0.1, 0.15) is 25.0 Å². The van der Waals surface area contributed by atoms with Crippen molar-refractivity contribution in [2.75, 3.05) is 9.80 Å². The van der Waals surface area contributed by atoms with E-state index in [2.05, 4.69) is 436 Å². The van der Waals surface area contributed by atoms with Gasteiger partial charge in [0.1, 0.15) is 0 Å². The Morgan fingerprint density at radius 3 is 0.910 bits per heavy atom. The van der Waals surface area contributed by atoms with Crippen molar-refractivity contribution in [2.45, 2.75) is 19.3 Å². The van der Waals surface area contributed by atoms with Crippen LogP contribution >= 0.6 is 22.7 Å². The number of thiophene rings is 2. The second-order valence-electron chi connectivity index (χ2n) is 29.5. The summed E-state index contributed by atoms with van der Waals surface area (Å²) in [5.74, 6) is 0. The molecule has 111 heavy (non-hydrogen) atoms. The zero-order valence-corrected chi connectivity index (χ0v) is 63.1. The highest BCUT2D eigenvalue weighted by Gasteiger charge is 2.36. The minimum absolute atomic E-state index is 0.118. The second kappa shape index (κ2) is 28.3. The first-order valence-electron chi connectivity index (χ1n) is 38.2. The zero-order chi connectivity index (χ0) is 73.9. The average molecular weight is 1450 g/mol. The lowest BCUT2D eigenvalue weighted by molar-refractivity contribution is 0.660. The molecule has 2 nitrogen and oxygen atoms in total. The molecule has 18 aromatic carbocycles. The number of nitrogens with zero attached hydrogens (tertiary/aromatic N) is 2. The molecule has 524 valence electrons. The quantitative estimate of drug-likeness (QED) is 0.114. The van der Waals surface area contributed by atoms with E-state index in [0.717, 1.165) is 34.1 Å². The fraction of sp³-hybridized carbons (Fsp3) is 0.0280. The van der Waals surface area contributed by atoms with Gasteiger partial charge in [-0.1, -0.05) is 329 Å². The van der Waals surface area contributed by atoms with Crippen LogP contribution in [0.3, 0.4) is 0 Å². The van der Waals surface area contributed by atoms with E-state index < -0.39 is 0 Å². The first kappa shape index (κ1) is 66.9. The van der Waals surface area contributed by atoms with Crippen LogP contribution in [0.25, 0.3) is 151 Å². The highest BCUT2D eigenvalue weighted by Crippen LogP contribution is 2.53. The first-order chi connectivity index (χ1) is 54.7. The molecule has 0 bridgehead atoms. The molecule has 1 aliphatic rings. The van der Waals surface area contributed by atoms with Crippen molar-refractivity contribution >= 4 is 119 Å². The van der Waals surface area contributed by atoms with Crippen molar-refractivity contribution in [1.82, 2.24) is 0 Å². The number of rotatable bonds is 13. The molecule has 0 aliphatic heterocycles. The summed E-state index contributed by atoms with van der Waals surface area (Å²) in [7, 11) is 0. The molecule has 0 N–H and O–H groups in total. The molecule has 0 fully saturated rings. The van der Waals surface area contributed by atoms with Crippen molar-refractivity contribution in [3.8, 4) is 89.0 Å². The molecule has 0 atom stereocenters. The van der Waals surface area contributed by atoms with Crippen LogP contribution < -0.4 is 9.80 Å². The molecule has 2 aromatic heterocycles. The van der Waals surface area contributed by atoms with Gasteiger partial charge < -0.3 is 9.80 Å². The van der Waals surface area contributed by atoms with Gasteiger partial charge in [0, 0.05) is 91.0 Å². The molecule has 1 aliphatic carbocycles. The van der Waals surface area contributed by atoms with Crippen molar-refractivity contribution in [1.29, 1.82) is 0 Å². The Morgan fingerprint density at radius 1 is 0.189 bits per heavy atom. The third-order valence-electron chi connectivity index (χ3n) is 22.5. The summed E-state index contributed by atoms with van der Waals surface area (Å²) in [6, 6.07) is 151. The average Bonchev–Trinajstić information content (AvgIpc) is 1.51. The van der Waals surface area contributed by atoms with Gasteiger partial charge in [-0.05, 0) is 208 Å². The van der Waals surface area contributed by atoms with E-state index in [4.69, 9.17) is 0 Å². The normalized spacial score (nSPS) is 12.1. The lowest BCUT2D eigenvalue weighted by atomic mass is 9.82. The minimum Gasteiger partial charge on any atom is -0.310 e. The fourth-order valence-electron chi connectivity index (χ4n) is 16.8. The summed E-state index contributed by atoms with van der Waals surface area (Å²) in [5.41, 5.74) is 29.1. The number of hydrogen-bond acceptors (Lipinski definition) is 4. The number of fused-ring (bicyclic) bond motifs is 11. The predicted octanol–water partition coefficient (Wildman–Crippen LogP) is 31.3. The van der Waals surface area contributed by atoms with Gasteiger partial charge >= 0.3 is 0 Å². The third kappa shape index (κ3) is 12.5. The summed E-state index contributed by atoms with van der Waals surface area (Å²) in [5, 5.41) is 10.1. The van der Waals surface area contributed by atoms with Gasteiger partial charge in [-0.2, -0.15) is 0 Å². The predicted molar refractivity (Wildman–Crippen MR) is 479 cm³/mol. The monoisotopic (exact) mass is 1450 g/mol. The van der Waals surface area contributed by atoms with Crippen molar-refractivity contribution in [3.63, 3.8) is 0 Å². The molecule has 0 saturated heterocycles. The van der Waals surface area contributed by atoms with Crippen molar-refractivity contribution in [3.05, 3.63) is 424 Å². The highest BCUT2D eigenvalue weighted by molar-refractivity contribution is 7.26. The third-order valence-corrected chi connectivity index (χ3v) is 25.0. The van der Waals surface area contributed by atoms with Gasteiger partial charge in [0.2, 0.25) is 0 Å². The Kier molecular flexibility index (Phi) is 17.0. The fourth-order valence-corrected chi connectivity index (χ4v) is 19.2. The standard InChI is InChI=1S/C55H39NS.C52H35NS/c1-55(2)51-18-10-8-16-46(51)47-31-30-44(35-52(47)55)56(43-28-26-40(27-29-43)39-22-20-38(21-23-39)36-12-4-3-5-13-36)45-33-49(42-25-24-37-14-6-7-15-41(37)32-42)54-50(34-45)48-17-9-11-19-53(48)57-54;1-3-11-36(12-4-1)39-19-21-40(22-20-39)42-27-31-46(32-28-42)53(45-29-25-41(26-30-45)37-13-5-2-6-14-37)47-34-49(44-24-23-38-15-7-8-16-43(38)33-44)52-50(35-47)48-17-9-10-18-51(48)54-52/h3-35H,1-2H3;1-35H. The molecular weight excluding hydrogens is 1380 g/mol. The summed E-state index contributed by atoms with van der Waals surface area (Å²) >= 11 is 3.77. The Hall–Kier alpha value is -13.5. The number of benzene rings is 18. The molecule has 20 aromatic rings. The number of hydrogen-bond donors (Lipinski definition) is 0. The van der Waals surface area contributed by atoms with Crippen LogP contribution in [0, 0.1) is 0 Å². The zero-order valence-electron chi connectivity index (χ0n) is 61.5. The molecule has 0 amide bonds. The van der Waals surface area contributed by atoms with Crippen molar-refractivity contribution in [2.24, 2.45) is 0 Å². The Labute approximate surface area is 655 Å². The molecule has 2 heterocycles. The van der Waals surface area contributed by atoms with Crippen LogP contribution in [0.2, 0.25) is 0 Å². The molecule has 0 spiro atoms. The van der Waals surface area contributed by atoms with Crippen LogP contribution in [0.4, 0.5) is 34.1 Å². The van der Waals surface area contributed by atoms with Gasteiger partial charge in [-0.15, -0.1) is 22.7 Å². The molecule has 0 radical (unpaired) electrons. The molecular formula is C107H74N2S2. The Bertz CT molecular complexity index is 6860. The van der Waals surface area contributed by atoms with E-state index >= 15 is 0 Å². The van der Waals surface area contributed by atoms with Gasteiger partial charge in [0.15, 0.2) is 0 Å². The van der Waals surface area contributed by atoms with E-state index in [1.54, 1.807) is 0 Å². The largest absolute Gasteiger partial charge is 0.310 e. The van der Waals surface area contributed by atoms with Crippen LogP contribution in [0.5, 0.6) is 0 Å². The Balaban J connectivity index is 0.000000145. The van der Waals surface area contributed by atoms with Crippen LogP contribution in [0.15, 0.2) is 413 Å². The van der Waals surface area contributed by atoms with E-state index in [9.17, 15) is 0 Å². The van der Waals surface area contributed by atoms with E-state index in [1.807, 2.05) is 22.7 Å². The Morgan fingerprint density at radius 2 is 0.495 bits per heavy atom. The lowest BCUT2D eigenvalue weighted by Crippen LogP contribution is -2.16. The lowest BCUT2D eigenvalue weighted by Gasteiger charge is -2.29. The van der Waals surface area contributed by atoms with E-state index in [1.165, 1.54) is 162 Å². The smallest absolute Gasteiger partial charge is 0.0475 e. The minimum atomic E-state index is -0.118. The molecule has 0 saturated carbocycles. The number of anilines is 6. The summed E-state index contributed by atoms with van der Waals surface area (Å²) in [6.45, 7) is 4.73. The summed E-state index contributed by atoms with van der Waals surface area (Å²) < 4.78 is 5.23. The maximum atomic E-state index is 2.47. The summed E-state index contributed by atoms with van der Waals surface area (Å²) in [4.78, 5) is 4.88. The van der Waals surface area contributed by atoms with E-state index in [0.29, 0.717) is 0 Å². The van der Waals surface area contributed by atoms with Crippen LogP contribution in [-0.4, -0.2) is 0 Å². The van der Waals surface area contributed by atoms with Gasteiger partial charge in [-0.25, -0.2) is 0 Å². The maximum absolute atomic E-state index is 2.47. The van der Waals surface area contributed by atoms with Gasteiger partial charge in [-0.3, -0.25) is 0 Å². The first-order valence-corrected chi connectivity index (χ1v) is 39.8. The molecule has 21 rings (SSSR count). The van der Waals surface area contributed by atoms with Gasteiger partial charge in [0.25, 0.3) is 0 Å². The van der Waals surface area contributed by atoms with Crippen LogP contribution in [-0.2, 0) is 5.41 Å². The maximum Gasteiger partial charge on any atom is 0.0475 e. The molecule has 0 unspecified atom stereocenters. The SMILES string of the molecule is CC1(C)c2ccccc2-c2ccc(N(c3ccc(-c4ccc(-c5ccccc5)cc4)cc3)c3cc(-c4ccc5ccccc5c4)c4sc5ccccc5c4c3)cc21.c1ccc(-c2ccc(-c3ccc(N(c4ccc(-c5ccccc5)cc4)c4cc(-c5ccc6ccccc6c5)c5sc6ccccc6c5c4)cc3)cc2)cc1. The van der Waals surface area contributed by atoms with Gasteiger partial charge in [0.05, 0.1) is 0 Å². The summed E-state index contributed by atoms with van der Waals surface area (Å²) in [6.07, 6.45) is 0. The topological polar surface area (TPSA) is 6.48 Å².